The Balaban J connectivity index is 2.62. The molecule has 1 aliphatic rings. The molecule has 1 aromatic rings. The molecule has 3 nitrogen and oxygen atoms in total. The van der Waals surface area contributed by atoms with E-state index in [0.29, 0.717) is 5.92 Å². The highest BCUT2D eigenvalue weighted by molar-refractivity contribution is 5.82. The van der Waals surface area contributed by atoms with E-state index in [0.717, 1.165) is 12.8 Å². The summed E-state index contributed by atoms with van der Waals surface area (Å²) in [5.41, 5.74) is 3.73. The molecule has 0 saturated heterocycles. The van der Waals surface area contributed by atoms with Crippen molar-refractivity contribution in [2.75, 3.05) is 12.0 Å². The third-order valence-corrected chi connectivity index (χ3v) is 4.67. The molecular formula is C18H27NO2. The van der Waals surface area contributed by atoms with Crippen LogP contribution in [0.4, 0.5) is 5.69 Å². The van der Waals surface area contributed by atoms with E-state index < -0.39 is 0 Å². The number of nitrogens with zero attached hydrogens (tertiary/aromatic N) is 1. The normalized spacial score (nSPS) is 21.6. The Morgan fingerprint density at radius 1 is 1.48 bits per heavy atom. The topological polar surface area (TPSA) is 29.5 Å². The van der Waals surface area contributed by atoms with Gasteiger partial charge in [-0.05, 0) is 50.7 Å². The average molecular weight is 289 g/mol. The van der Waals surface area contributed by atoms with Crippen molar-refractivity contribution in [1.29, 1.82) is 0 Å². The van der Waals surface area contributed by atoms with Crippen molar-refractivity contribution < 1.29 is 9.53 Å². The maximum absolute atomic E-state index is 12.3. The second-order valence-corrected chi connectivity index (χ2v) is 6.75. The highest BCUT2D eigenvalue weighted by atomic mass is 16.5. The van der Waals surface area contributed by atoms with Crippen LogP contribution in [-0.2, 0) is 9.53 Å². The van der Waals surface area contributed by atoms with Gasteiger partial charge >= 0.3 is 5.97 Å². The molecule has 0 radical (unpaired) electrons. The van der Waals surface area contributed by atoms with Gasteiger partial charge in [0.25, 0.3) is 0 Å². The number of rotatable bonds is 3. The third kappa shape index (κ3) is 2.66. The van der Waals surface area contributed by atoms with Crippen LogP contribution in [0.5, 0.6) is 0 Å². The Morgan fingerprint density at radius 3 is 2.71 bits per heavy atom. The van der Waals surface area contributed by atoms with E-state index in [4.69, 9.17) is 4.74 Å². The molecule has 0 aliphatic carbocycles. The van der Waals surface area contributed by atoms with Crippen molar-refractivity contribution in [2.24, 2.45) is 0 Å². The minimum atomic E-state index is -0.225. The molecule has 1 aliphatic heterocycles. The quantitative estimate of drug-likeness (QED) is 0.787. The molecule has 0 bridgehead atoms. The molecule has 21 heavy (non-hydrogen) atoms. The summed E-state index contributed by atoms with van der Waals surface area (Å²) >= 11 is 0. The molecular weight excluding hydrogens is 262 g/mol. The number of carbonyl (C=O) groups excluding carboxylic acids is 1. The maximum atomic E-state index is 12.3. The van der Waals surface area contributed by atoms with Gasteiger partial charge in [-0.2, -0.15) is 0 Å². The molecule has 0 unspecified atom stereocenters. The van der Waals surface area contributed by atoms with Crippen LogP contribution in [0.1, 0.15) is 57.6 Å². The van der Waals surface area contributed by atoms with Gasteiger partial charge in [-0.1, -0.05) is 32.0 Å². The molecule has 1 heterocycles. The lowest BCUT2D eigenvalue weighted by atomic mass is 9.78. The van der Waals surface area contributed by atoms with Crippen LogP contribution in [0.3, 0.4) is 0 Å². The van der Waals surface area contributed by atoms with Gasteiger partial charge in [-0.3, -0.25) is 0 Å². The number of esters is 1. The SMILES string of the molecule is CC[C@@H](C(=O)OC)N1c2c(C)cccc2[C@@H](C)CC1(C)C. The largest absolute Gasteiger partial charge is 0.467 e. The van der Waals surface area contributed by atoms with Crippen LogP contribution in [0.25, 0.3) is 0 Å². The highest BCUT2D eigenvalue weighted by Gasteiger charge is 2.42. The molecule has 0 saturated carbocycles. The number of hydrogen-bond donors (Lipinski definition) is 0. The molecule has 0 fully saturated rings. The van der Waals surface area contributed by atoms with Gasteiger partial charge < -0.3 is 9.64 Å². The monoisotopic (exact) mass is 289 g/mol. The number of ether oxygens (including phenoxy) is 1. The molecule has 0 spiro atoms. The molecule has 0 N–H and O–H groups in total. The van der Waals surface area contributed by atoms with Crippen molar-refractivity contribution in [1.82, 2.24) is 0 Å². The van der Waals surface area contributed by atoms with E-state index in [1.807, 2.05) is 6.92 Å². The predicted octanol–water partition coefficient (Wildman–Crippen LogP) is 4.04. The van der Waals surface area contributed by atoms with E-state index >= 15 is 0 Å². The number of anilines is 1. The van der Waals surface area contributed by atoms with Gasteiger partial charge in [0.15, 0.2) is 0 Å². The van der Waals surface area contributed by atoms with Crippen molar-refractivity contribution in [2.45, 2.75) is 65.0 Å². The van der Waals surface area contributed by atoms with Gasteiger partial charge in [0, 0.05) is 11.2 Å². The van der Waals surface area contributed by atoms with E-state index in [1.165, 1.54) is 23.9 Å². The highest BCUT2D eigenvalue weighted by Crippen LogP contribution is 2.46. The number of methoxy groups -OCH3 is 1. The fourth-order valence-corrected chi connectivity index (χ4v) is 3.84. The van der Waals surface area contributed by atoms with E-state index in [2.05, 4.69) is 50.8 Å². The van der Waals surface area contributed by atoms with Gasteiger partial charge in [-0.25, -0.2) is 4.79 Å². The summed E-state index contributed by atoms with van der Waals surface area (Å²) in [5.74, 6) is 0.357. The van der Waals surface area contributed by atoms with Crippen molar-refractivity contribution in [3.8, 4) is 0 Å². The summed E-state index contributed by atoms with van der Waals surface area (Å²) < 4.78 is 5.05. The number of para-hydroxylation sites is 1. The van der Waals surface area contributed by atoms with Gasteiger partial charge in [0.05, 0.1) is 7.11 Å². The zero-order chi connectivity index (χ0) is 15.8. The summed E-state index contributed by atoms with van der Waals surface area (Å²) in [6.45, 7) is 10.9. The molecule has 2 atom stereocenters. The Kier molecular flexibility index (Phi) is 4.31. The number of hydrogen-bond acceptors (Lipinski definition) is 3. The minimum absolute atomic E-state index is 0.0621. The Bertz CT molecular complexity index is 536. The zero-order valence-electron chi connectivity index (χ0n) is 14.1. The van der Waals surface area contributed by atoms with E-state index in [-0.39, 0.29) is 17.6 Å². The zero-order valence-corrected chi connectivity index (χ0v) is 14.1. The van der Waals surface area contributed by atoms with Crippen LogP contribution in [-0.4, -0.2) is 24.7 Å². The van der Waals surface area contributed by atoms with Crippen LogP contribution in [0, 0.1) is 6.92 Å². The van der Waals surface area contributed by atoms with E-state index in [9.17, 15) is 4.79 Å². The summed E-state index contributed by atoms with van der Waals surface area (Å²) in [5, 5.41) is 0. The number of benzene rings is 1. The van der Waals surface area contributed by atoms with Gasteiger partial charge in [0.2, 0.25) is 0 Å². The lowest BCUT2D eigenvalue weighted by molar-refractivity contribution is -0.142. The van der Waals surface area contributed by atoms with Crippen LogP contribution < -0.4 is 4.90 Å². The molecule has 3 heteroatoms. The molecule has 0 amide bonds. The smallest absolute Gasteiger partial charge is 0.328 e. The van der Waals surface area contributed by atoms with Crippen molar-refractivity contribution in [3.63, 3.8) is 0 Å². The lowest BCUT2D eigenvalue weighted by Crippen LogP contribution is -2.56. The number of carbonyl (C=O) groups is 1. The van der Waals surface area contributed by atoms with Crippen LogP contribution >= 0.6 is 0 Å². The Hall–Kier alpha value is -1.51. The summed E-state index contributed by atoms with van der Waals surface area (Å²) in [4.78, 5) is 14.6. The second-order valence-electron chi connectivity index (χ2n) is 6.75. The van der Waals surface area contributed by atoms with Crippen LogP contribution in [0.2, 0.25) is 0 Å². The second kappa shape index (κ2) is 5.70. The first-order valence-electron chi connectivity index (χ1n) is 7.80. The first kappa shape index (κ1) is 15.9. The number of aryl methyl sites for hydroxylation is 1. The summed E-state index contributed by atoms with van der Waals surface area (Å²) in [6.07, 6.45) is 1.79. The van der Waals surface area contributed by atoms with Gasteiger partial charge in [0.1, 0.15) is 6.04 Å². The predicted molar refractivity (Wildman–Crippen MR) is 86.9 cm³/mol. The first-order valence-corrected chi connectivity index (χ1v) is 7.80. The number of fused-ring (bicyclic) bond motifs is 1. The van der Waals surface area contributed by atoms with E-state index in [1.54, 1.807) is 0 Å². The fraction of sp³-hybridized carbons (Fsp3) is 0.611. The fourth-order valence-electron chi connectivity index (χ4n) is 3.84. The average Bonchev–Trinajstić information content (AvgIpc) is 2.42. The Labute approximate surface area is 128 Å². The molecule has 116 valence electrons. The summed E-state index contributed by atoms with van der Waals surface area (Å²) in [6, 6.07) is 6.21. The summed E-state index contributed by atoms with van der Waals surface area (Å²) in [7, 11) is 1.48. The molecule has 1 aromatic carbocycles. The minimum Gasteiger partial charge on any atom is -0.467 e. The standard InChI is InChI=1S/C18H27NO2/c1-7-15(17(20)21-6)19-16-12(2)9-8-10-14(16)13(3)11-18(19,4)5/h8-10,13,15H,7,11H2,1-6H3/t13-,15-/m0/s1. The third-order valence-electron chi connectivity index (χ3n) is 4.67. The van der Waals surface area contributed by atoms with Crippen LogP contribution in [0.15, 0.2) is 18.2 Å². The Morgan fingerprint density at radius 2 is 2.14 bits per heavy atom. The van der Waals surface area contributed by atoms with Gasteiger partial charge in [-0.15, -0.1) is 0 Å². The molecule has 2 rings (SSSR count). The molecule has 0 aromatic heterocycles. The van der Waals surface area contributed by atoms with Crippen molar-refractivity contribution >= 4 is 11.7 Å². The lowest BCUT2D eigenvalue weighted by Gasteiger charge is -2.50. The maximum Gasteiger partial charge on any atom is 0.328 e. The first-order chi connectivity index (χ1) is 9.83. The van der Waals surface area contributed by atoms with Crippen molar-refractivity contribution in [3.05, 3.63) is 29.3 Å².